The van der Waals surface area contributed by atoms with Crippen LogP contribution in [0.15, 0.2) is 48.5 Å². The van der Waals surface area contributed by atoms with Crippen molar-refractivity contribution in [1.82, 2.24) is 4.90 Å². The van der Waals surface area contributed by atoms with E-state index in [0.717, 1.165) is 11.1 Å². The van der Waals surface area contributed by atoms with Crippen LogP contribution >= 0.6 is 0 Å². The Hall–Kier alpha value is -2.82. The molecule has 2 aromatic carbocycles. The van der Waals surface area contributed by atoms with Crippen molar-refractivity contribution in [2.24, 2.45) is 5.92 Å². The highest BCUT2D eigenvalue weighted by Crippen LogP contribution is 2.27. The number of carbonyl (C=O) groups is 2. The van der Waals surface area contributed by atoms with Crippen LogP contribution in [0.2, 0.25) is 0 Å². The first-order chi connectivity index (χ1) is 13.1. The number of amides is 1. The van der Waals surface area contributed by atoms with E-state index < -0.39 is 0 Å². The molecule has 3 rings (SSSR count). The summed E-state index contributed by atoms with van der Waals surface area (Å²) < 4.78 is 10.6. The number of hydrogen-bond acceptors (Lipinski definition) is 4. The number of nitrogens with zero attached hydrogens (tertiary/aromatic N) is 1. The second-order valence-corrected chi connectivity index (χ2v) is 6.74. The first-order valence-electron chi connectivity index (χ1n) is 9.20. The smallest absolute Gasteiger partial charge is 0.227 e. The van der Waals surface area contributed by atoms with Crippen LogP contribution < -0.4 is 9.47 Å². The molecule has 0 radical (unpaired) electrons. The Balaban J connectivity index is 1.58. The van der Waals surface area contributed by atoms with Crippen LogP contribution in [-0.2, 0) is 11.2 Å². The number of rotatable bonds is 6. The summed E-state index contributed by atoms with van der Waals surface area (Å²) in [5.74, 6) is 1.58. The third-order valence-corrected chi connectivity index (χ3v) is 5.11. The predicted octanol–water partition coefficient (Wildman–Crippen LogP) is 3.37. The number of Topliss-reactive ketones (excluding diaryl/α,β-unsaturated/α-hetero) is 1. The van der Waals surface area contributed by atoms with Gasteiger partial charge in [-0.15, -0.1) is 0 Å². The molecule has 0 saturated carbocycles. The standard InChI is InChI=1S/C22H25NO4/c1-26-19-9-8-18(20(15-19)27-2)14-21(24)23-12-10-17(11-13-23)22(25)16-6-4-3-5-7-16/h3-9,15,17H,10-14H2,1-2H3. The fourth-order valence-corrected chi connectivity index (χ4v) is 3.50. The number of carbonyl (C=O) groups excluding carboxylic acids is 2. The van der Waals surface area contributed by atoms with Gasteiger partial charge in [-0.25, -0.2) is 0 Å². The van der Waals surface area contributed by atoms with Gasteiger partial charge < -0.3 is 14.4 Å². The molecule has 1 amide bonds. The van der Waals surface area contributed by atoms with Crippen molar-refractivity contribution in [2.75, 3.05) is 27.3 Å². The number of methoxy groups -OCH3 is 2. The van der Waals surface area contributed by atoms with E-state index in [9.17, 15) is 9.59 Å². The van der Waals surface area contributed by atoms with Crippen molar-refractivity contribution in [2.45, 2.75) is 19.3 Å². The van der Waals surface area contributed by atoms with Gasteiger partial charge in [-0.1, -0.05) is 36.4 Å². The zero-order valence-electron chi connectivity index (χ0n) is 15.8. The molecule has 1 saturated heterocycles. The highest BCUT2D eigenvalue weighted by Gasteiger charge is 2.28. The van der Waals surface area contributed by atoms with Crippen molar-refractivity contribution in [3.05, 3.63) is 59.7 Å². The van der Waals surface area contributed by atoms with Crippen molar-refractivity contribution in [3.8, 4) is 11.5 Å². The molecule has 0 unspecified atom stereocenters. The lowest BCUT2D eigenvalue weighted by molar-refractivity contribution is -0.131. The third-order valence-electron chi connectivity index (χ3n) is 5.11. The van der Waals surface area contributed by atoms with Gasteiger partial charge in [-0.3, -0.25) is 9.59 Å². The number of likely N-dealkylation sites (tertiary alicyclic amines) is 1. The van der Waals surface area contributed by atoms with Crippen LogP contribution in [0.3, 0.4) is 0 Å². The SMILES string of the molecule is COc1ccc(CC(=O)N2CCC(C(=O)c3ccccc3)CC2)c(OC)c1. The lowest BCUT2D eigenvalue weighted by Crippen LogP contribution is -2.41. The monoisotopic (exact) mass is 367 g/mol. The summed E-state index contributed by atoms with van der Waals surface area (Å²) in [5.41, 5.74) is 1.59. The van der Waals surface area contributed by atoms with Gasteiger partial charge in [-0.2, -0.15) is 0 Å². The third kappa shape index (κ3) is 4.48. The largest absolute Gasteiger partial charge is 0.497 e. The topological polar surface area (TPSA) is 55.8 Å². The highest BCUT2D eigenvalue weighted by molar-refractivity contribution is 5.98. The molecule has 5 nitrogen and oxygen atoms in total. The molecule has 0 atom stereocenters. The highest BCUT2D eigenvalue weighted by atomic mass is 16.5. The van der Waals surface area contributed by atoms with Gasteiger partial charge in [0.2, 0.25) is 5.91 Å². The minimum atomic E-state index is -0.00743. The van der Waals surface area contributed by atoms with Crippen LogP contribution in [0.1, 0.15) is 28.8 Å². The van der Waals surface area contributed by atoms with E-state index in [4.69, 9.17) is 9.47 Å². The average molecular weight is 367 g/mol. The molecule has 1 aliphatic heterocycles. The molecule has 0 N–H and O–H groups in total. The number of piperidine rings is 1. The summed E-state index contributed by atoms with van der Waals surface area (Å²) in [4.78, 5) is 27.1. The van der Waals surface area contributed by atoms with Gasteiger partial charge in [0, 0.05) is 36.2 Å². The molecule has 0 bridgehead atoms. The van der Waals surface area contributed by atoms with Crippen LogP contribution in [0.25, 0.3) is 0 Å². The zero-order chi connectivity index (χ0) is 19.2. The molecular weight excluding hydrogens is 342 g/mol. The van der Waals surface area contributed by atoms with E-state index in [1.54, 1.807) is 20.3 Å². The van der Waals surface area contributed by atoms with Gasteiger partial charge in [0.1, 0.15) is 11.5 Å². The summed E-state index contributed by atoms with van der Waals surface area (Å²) in [5, 5.41) is 0. The van der Waals surface area contributed by atoms with Crippen molar-refractivity contribution in [3.63, 3.8) is 0 Å². The molecule has 0 aliphatic carbocycles. The summed E-state index contributed by atoms with van der Waals surface area (Å²) in [6.07, 6.45) is 1.70. The second-order valence-electron chi connectivity index (χ2n) is 6.74. The van der Waals surface area contributed by atoms with Crippen LogP contribution in [-0.4, -0.2) is 43.9 Å². The maximum atomic E-state index is 12.7. The quantitative estimate of drug-likeness (QED) is 0.735. The van der Waals surface area contributed by atoms with Crippen molar-refractivity contribution < 1.29 is 19.1 Å². The Labute approximate surface area is 159 Å². The van der Waals surface area contributed by atoms with E-state index in [1.165, 1.54) is 0 Å². The van der Waals surface area contributed by atoms with Gasteiger partial charge in [-0.05, 0) is 18.9 Å². The molecule has 1 heterocycles. The van der Waals surface area contributed by atoms with Gasteiger partial charge in [0.15, 0.2) is 5.78 Å². The molecule has 1 aliphatic rings. The Kier molecular flexibility index (Phi) is 6.12. The molecule has 0 spiro atoms. The summed E-state index contributed by atoms with van der Waals surface area (Å²) in [7, 11) is 3.18. The Bertz CT molecular complexity index is 795. The second kappa shape index (κ2) is 8.71. The predicted molar refractivity (Wildman–Crippen MR) is 103 cm³/mol. The molecule has 0 aromatic heterocycles. The number of benzene rings is 2. The van der Waals surface area contributed by atoms with Gasteiger partial charge in [0.25, 0.3) is 0 Å². The van der Waals surface area contributed by atoms with E-state index in [2.05, 4.69) is 0 Å². The first kappa shape index (κ1) is 19.0. The Morgan fingerprint density at radius 3 is 2.33 bits per heavy atom. The lowest BCUT2D eigenvalue weighted by Gasteiger charge is -2.31. The van der Waals surface area contributed by atoms with Crippen molar-refractivity contribution >= 4 is 11.7 Å². The van der Waals surface area contributed by atoms with Gasteiger partial charge >= 0.3 is 0 Å². The molecular formula is C22H25NO4. The molecule has 1 fully saturated rings. The number of hydrogen-bond donors (Lipinski definition) is 0. The molecule has 27 heavy (non-hydrogen) atoms. The molecule has 142 valence electrons. The van der Waals surface area contributed by atoms with E-state index in [-0.39, 0.29) is 24.0 Å². The summed E-state index contributed by atoms with van der Waals surface area (Å²) in [6, 6.07) is 14.9. The molecule has 5 heteroatoms. The normalized spacial score (nSPS) is 14.7. The Morgan fingerprint density at radius 1 is 1.00 bits per heavy atom. The average Bonchev–Trinajstić information content (AvgIpc) is 2.74. The van der Waals surface area contributed by atoms with Gasteiger partial charge in [0.05, 0.1) is 20.6 Å². The summed E-state index contributed by atoms with van der Waals surface area (Å²) >= 11 is 0. The molecule has 2 aromatic rings. The number of ketones is 1. The van der Waals surface area contributed by atoms with E-state index in [0.29, 0.717) is 37.4 Å². The maximum absolute atomic E-state index is 12.7. The zero-order valence-corrected chi connectivity index (χ0v) is 15.8. The summed E-state index contributed by atoms with van der Waals surface area (Å²) in [6.45, 7) is 1.22. The van der Waals surface area contributed by atoms with Crippen molar-refractivity contribution in [1.29, 1.82) is 0 Å². The van der Waals surface area contributed by atoms with E-state index in [1.807, 2.05) is 47.4 Å². The fraction of sp³-hybridized carbons (Fsp3) is 0.364. The Morgan fingerprint density at radius 2 is 1.70 bits per heavy atom. The van der Waals surface area contributed by atoms with Crippen LogP contribution in [0, 0.1) is 5.92 Å². The number of ether oxygens (including phenoxy) is 2. The fourth-order valence-electron chi connectivity index (χ4n) is 3.50. The lowest BCUT2D eigenvalue weighted by atomic mass is 9.88. The first-order valence-corrected chi connectivity index (χ1v) is 9.20. The maximum Gasteiger partial charge on any atom is 0.227 e. The van der Waals surface area contributed by atoms with Crippen LogP contribution in [0.5, 0.6) is 11.5 Å². The minimum Gasteiger partial charge on any atom is -0.497 e. The van der Waals surface area contributed by atoms with Crippen LogP contribution in [0.4, 0.5) is 0 Å². The minimum absolute atomic E-state index is 0.00743. The van der Waals surface area contributed by atoms with E-state index >= 15 is 0 Å².